The molecule has 0 saturated carbocycles. The second-order valence-corrected chi connectivity index (χ2v) is 7.12. The first-order valence-electron chi connectivity index (χ1n) is 8.81. The SMILES string of the molecule is CC(=O)Nc1cccc(Nc2ncc(C(N)=O)c(NCc3ccc(Cl)c(Cl)c3)n2)c1. The van der Waals surface area contributed by atoms with Crippen LogP contribution in [-0.2, 0) is 11.3 Å². The molecule has 0 unspecified atom stereocenters. The highest BCUT2D eigenvalue weighted by atomic mass is 35.5. The number of hydrogen-bond acceptors (Lipinski definition) is 6. The lowest BCUT2D eigenvalue weighted by molar-refractivity contribution is -0.114. The first kappa shape index (κ1) is 21.4. The molecule has 0 spiro atoms. The number of carbonyl (C=O) groups excluding carboxylic acids is 2. The Bertz CT molecular complexity index is 1110. The summed E-state index contributed by atoms with van der Waals surface area (Å²) < 4.78 is 0. The van der Waals surface area contributed by atoms with Gasteiger partial charge in [-0.15, -0.1) is 0 Å². The van der Waals surface area contributed by atoms with Crippen LogP contribution in [0, 0.1) is 0 Å². The van der Waals surface area contributed by atoms with E-state index in [2.05, 4.69) is 25.9 Å². The Morgan fingerprint density at radius 1 is 1.07 bits per heavy atom. The number of amides is 2. The van der Waals surface area contributed by atoms with E-state index in [9.17, 15) is 9.59 Å². The zero-order valence-corrected chi connectivity index (χ0v) is 17.4. The highest BCUT2D eigenvalue weighted by Gasteiger charge is 2.13. The molecule has 0 aliphatic heterocycles. The monoisotopic (exact) mass is 444 g/mol. The summed E-state index contributed by atoms with van der Waals surface area (Å²) in [5, 5.41) is 9.68. The molecular weight excluding hydrogens is 427 g/mol. The van der Waals surface area contributed by atoms with Crippen molar-refractivity contribution in [3.05, 3.63) is 69.8 Å². The Labute approximate surface area is 182 Å². The topological polar surface area (TPSA) is 122 Å². The maximum absolute atomic E-state index is 11.8. The Kier molecular flexibility index (Phi) is 6.71. The first-order valence-corrected chi connectivity index (χ1v) is 9.57. The van der Waals surface area contributed by atoms with Gasteiger partial charge in [0.05, 0.1) is 15.6 Å². The summed E-state index contributed by atoms with van der Waals surface area (Å²) in [5.41, 5.74) is 7.71. The number of nitrogens with one attached hydrogen (secondary N) is 3. The van der Waals surface area contributed by atoms with Crippen LogP contribution in [0.5, 0.6) is 0 Å². The van der Waals surface area contributed by atoms with Crippen molar-refractivity contribution in [2.75, 3.05) is 16.0 Å². The van der Waals surface area contributed by atoms with E-state index in [1.807, 2.05) is 0 Å². The number of rotatable bonds is 7. The third kappa shape index (κ3) is 5.59. The summed E-state index contributed by atoms with van der Waals surface area (Å²) >= 11 is 12.0. The van der Waals surface area contributed by atoms with Gasteiger partial charge in [-0.25, -0.2) is 4.98 Å². The Morgan fingerprint density at radius 2 is 1.83 bits per heavy atom. The van der Waals surface area contributed by atoms with Crippen molar-refractivity contribution in [2.45, 2.75) is 13.5 Å². The molecule has 154 valence electrons. The minimum atomic E-state index is -0.661. The number of nitrogens with zero attached hydrogens (tertiary/aromatic N) is 2. The van der Waals surface area contributed by atoms with Gasteiger partial charge in [0.2, 0.25) is 11.9 Å². The number of aromatic nitrogens is 2. The second-order valence-electron chi connectivity index (χ2n) is 6.31. The van der Waals surface area contributed by atoms with Gasteiger partial charge in [0.1, 0.15) is 5.82 Å². The van der Waals surface area contributed by atoms with E-state index in [1.54, 1.807) is 42.5 Å². The molecule has 5 N–H and O–H groups in total. The number of primary amides is 1. The third-order valence-electron chi connectivity index (χ3n) is 3.94. The number of hydrogen-bond donors (Lipinski definition) is 4. The van der Waals surface area contributed by atoms with Crippen LogP contribution in [-0.4, -0.2) is 21.8 Å². The molecule has 10 heteroatoms. The van der Waals surface area contributed by atoms with Crippen LogP contribution in [0.4, 0.5) is 23.1 Å². The smallest absolute Gasteiger partial charge is 0.254 e. The molecule has 1 aromatic heterocycles. The van der Waals surface area contributed by atoms with Crippen LogP contribution < -0.4 is 21.7 Å². The van der Waals surface area contributed by atoms with Crippen molar-refractivity contribution in [1.29, 1.82) is 0 Å². The van der Waals surface area contributed by atoms with Crippen LogP contribution in [0.15, 0.2) is 48.7 Å². The highest BCUT2D eigenvalue weighted by molar-refractivity contribution is 6.42. The van der Waals surface area contributed by atoms with Crippen LogP contribution in [0.1, 0.15) is 22.8 Å². The molecule has 0 atom stereocenters. The van der Waals surface area contributed by atoms with E-state index in [-0.39, 0.29) is 23.2 Å². The predicted octanol–water partition coefficient (Wildman–Crippen LogP) is 4.20. The fraction of sp³-hybridized carbons (Fsp3) is 0.100. The normalized spacial score (nSPS) is 10.4. The van der Waals surface area contributed by atoms with Crippen molar-refractivity contribution >= 4 is 58.2 Å². The highest BCUT2D eigenvalue weighted by Crippen LogP contribution is 2.24. The van der Waals surface area contributed by atoms with Crippen LogP contribution in [0.2, 0.25) is 10.0 Å². The first-order chi connectivity index (χ1) is 14.3. The molecule has 2 amide bonds. The third-order valence-corrected chi connectivity index (χ3v) is 4.68. The lowest BCUT2D eigenvalue weighted by Gasteiger charge is -2.12. The summed E-state index contributed by atoms with van der Waals surface area (Å²) in [6.45, 7) is 1.77. The molecule has 3 rings (SSSR count). The molecule has 2 aromatic carbocycles. The van der Waals surface area contributed by atoms with Crippen molar-refractivity contribution in [2.24, 2.45) is 5.73 Å². The largest absolute Gasteiger partial charge is 0.365 e. The molecule has 0 aliphatic rings. The number of nitrogens with two attached hydrogens (primary N) is 1. The fourth-order valence-electron chi connectivity index (χ4n) is 2.60. The number of benzene rings is 2. The molecule has 0 fully saturated rings. The molecule has 8 nitrogen and oxygen atoms in total. The summed E-state index contributed by atoms with van der Waals surface area (Å²) in [6.07, 6.45) is 1.34. The Morgan fingerprint density at radius 3 is 2.53 bits per heavy atom. The van der Waals surface area contributed by atoms with E-state index in [4.69, 9.17) is 28.9 Å². The van der Waals surface area contributed by atoms with Gasteiger partial charge in [-0.2, -0.15) is 4.98 Å². The van der Waals surface area contributed by atoms with Gasteiger partial charge < -0.3 is 21.7 Å². The molecule has 0 radical (unpaired) electrons. The van der Waals surface area contributed by atoms with Crippen LogP contribution in [0.3, 0.4) is 0 Å². The second kappa shape index (κ2) is 9.43. The van der Waals surface area contributed by atoms with Gasteiger partial charge in [0.15, 0.2) is 0 Å². The molecule has 0 saturated heterocycles. The van der Waals surface area contributed by atoms with E-state index in [0.717, 1.165) is 5.56 Å². The van der Waals surface area contributed by atoms with Gasteiger partial charge in [-0.3, -0.25) is 9.59 Å². The van der Waals surface area contributed by atoms with Gasteiger partial charge >= 0.3 is 0 Å². The molecule has 3 aromatic rings. The molecule has 0 aliphatic carbocycles. The van der Waals surface area contributed by atoms with Gasteiger partial charge in [-0.1, -0.05) is 35.3 Å². The zero-order valence-electron chi connectivity index (χ0n) is 15.9. The van der Waals surface area contributed by atoms with Crippen molar-refractivity contribution in [1.82, 2.24) is 9.97 Å². The van der Waals surface area contributed by atoms with Crippen molar-refractivity contribution in [3.8, 4) is 0 Å². The van der Waals surface area contributed by atoms with Crippen LogP contribution in [0.25, 0.3) is 0 Å². The summed E-state index contributed by atoms with van der Waals surface area (Å²) in [6, 6.07) is 12.3. The molecule has 30 heavy (non-hydrogen) atoms. The predicted molar refractivity (Wildman–Crippen MR) is 118 cm³/mol. The molecular formula is C20H18Cl2N6O2. The van der Waals surface area contributed by atoms with E-state index < -0.39 is 5.91 Å². The van der Waals surface area contributed by atoms with Gasteiger partial charge in [0.25, 0.3) is 5.91 Å². The van der Waals surface area contributed by atoms with E-state index in [0.29, 0.717) is 28.0 Å². The minimum Gasteiger partial charge on any atom is -0.365 e. The van der Waals surface area contributed by atoms with E-state index >= 15 is 0 Å². The average Bonchev–Trinajstić information content (AvgIpc) is 2.68. The number of anilines is 4. The number of carbonyl (C=O) groups is 2. The Hall–Kier alpha value is -3.36. The maximum atomic E-state index is 11.8. The van der Waals surface area contributed by atoms with Gasteiger partial charge in [0, 0.05) is 31.0 Å². The average molecular weight is 445 g/mol. The van der Waals surface area contributed by atoms with Crippen molar-refractivity contribution < 1.29 is 9.59 Å². The quantitative estimate of drug-likeness (QED) is 0.433. The summed E-state index contributed by atoms with van der Waals surface area (Å²) in [7, 11) is 0. The summed E-state index contributed by atoms with van der Waals surface area (Å²) in [4.78, 5) is 31.5. The lowest BCUT2D eigenvalue weighted by Crippen LogP contribution is -2.17. The Balaban J connectivity index is 1.81. The van der Waals surface area contributed by atoms with Crippen molar-refractivity contribution in [3.63, 3.8) is 0 Å². The number of halogens is 2. The fourth-order valence-corrected chi connectivity index (χ4v) is 2.92. The minimum absolute atomic E-state index is 0.146. The molecule has 0 bridgehead atoms. The standard InChI is InChI=1S/C20H18Cl2N6O2/c1-11(29)26-13-3-2-4-14(8-13)27-20-25-10-15(18(23)30)19(28-20)24-9-12-5-6-16(21)17(22)7-12/h2-8,10H,9H2,1H3,(H2,23,30)(H,26,29)(H2,24,25,27,28). The lowest BCUT2D eigenvalue weighted by atomic mass is 10.2. The van der Waals surface area contributed by atoms with Gasteiger partial charge in [-0.05, 0) is 35.9 Å². The summed E-state index contributed by atoms with van der Waals surface area (Å²) in [5.74, 6) is -0.324. The molecule has 1 heterocycles. The zero-order chi connectivity index (χ0) is 21.7. The van der Waals surface area contributed by atoms with E-state index in [1.165, 1.54) is 13.1 Å². The van der Waals surface area contributed by atoms with Crippen LogP contribution >= 0.6 is 23.2 Å². The maximum Gasteiger partial charge on any atom is 0.254 e.